The topological polar surface area (TPSA) is 167 Å². The third-order valence-electron chi connectivity index (χ3n) is 7.40. The second-order valence-electron chi connectivity index (χ2n) is 9.99. The minimum atomic E-state index is -0.786. The molecule has 1 aromatic carbocycles. The Morgan fingerprint density at radius 2 is 2.02 bits per heavy atom. The molecule has 0 unspecified atom stereocenters. The largest absolute Gasteiger partial charge is 0.501 e. The van der Waals surface area contributed by atoms with Gasteiger partial charge in [0, 0.05) is 57.8 Å². The van der Waals surface area contributed by atoms with Crippen molar-refractivity contribution in [2.75, 3.05) is 38.0 Å². The van der Waals surface area contributed by atoms with Crippen LogP contribution < -0.4 is 16.2 Å². The number of piperazine rings is 1. The van der Waals surface area contributed by atoms with E-state index in [0.29, 0.717) is 12.1 Å². The first-order valence-corrected chi connectivity index (χ1v) is 13.3. The van der Waals surface area contributed by atoms with Crippen molar-refractivity contribution >= 4 is 11.6 Å². The second-order valence-corrected chi connectivity index (χ2v) is 9.99. The molecule has 3 aromatic heterocycles. The van der Waals surface area contributed by atoms with Gasteiger partial charge in [-0.2, -0.15) is 10.4 Å². The number of benzene rings is 1. The molecule has 13 heteroatoms. The zero-order chi connectivity index (χ0) is 28.9. The SMILES string of the molecule is C[C@@H](c1nc(C(=O)Nc2cnoc2)c(O)c(=O)n1C)[C@H](c1cnn(CCN2CCNCC2)c1)c1ccccc1C#N. The van der Waals surface area contributed by atoms with Crippen molar-refractivity contribution in [1.82, 2.24) is 34.7 Å². The Kier molecular flexibility index (Phi) is 8.23. The summed E-state index contributed by atoms with van der Waals surface area (Å²) in [7, 11) is 1.49. The van der Waals surface area contributed by atoms with Crippen LogP contribution in [0.4, 0.5) is 5.69 Å². The van der Waals surface area contributed by atoms with Crippen LogP contribution >= 0.6 is 0 Å². The number of hydrogen-bond donors (Lipinski definition) is 3. The predicted molar refractivity (Wildman–Crippen MR) is 149 cm³/mol. The minimum Gasteiger partial charge on any atom is -0.501 e. The molecule has 1 aliphatic heterocycles. The summed E-state index contributed by atoms with van der Waals surface area (Å²) in [6.45, 7) is 7.32. The normalized spacial score (nSPS) is 15.2. The number of carbonyl (C=O) groups excluding carboxylic acids is 1. The number of nitriles is 1. The van der Waals surface area contributed by atoms with Crippen LogP contribution in [-0.2, 0) is 13.6 Å². The van der Waals surface area contributed by atoms with E-state index in [1.807, 2.05) is 29.9 Å². The molecule has 0 aliphatic carbocycles. The van der Waals surface area contributed by atoms with E-state index in [2.05, 4.69) is 36.8 Å². The molecule has 0 spiro atoms. The number of hydrogen-bond acceptors (Lipinski definition) is 10. The number of aromatic nitrogens is 5. The van der Waals surface area contributed by atoms with Gasteiger partial charge in [0.2, 0.25) is 5.75 Å². The Labute approximate surface area is 236 Å². The van der Waals surface area contributed by atoms with Crippen molar-refractivity contribution in [1.29, 1.82) is 5.26 Å². The van der Waals surface area contributed by atoms with Crippen LogP contribution in [0.15, 0.2) is 58.4 Å². The number of nitrogens with one attached hydrogen (secondary N) is 2. The molecule has 1 saturated heterocycles. The number of rotatable bonds is 9. The highest BCUT2D eigenvalue weighted by Crippen LogP contribution is 2.39. The average molecular weight is 558 g/mol. The molecule has 13 nitrogen and oxygen atoms in total. The molecule has 0 saturated carbocycles. The molecule has 0 bridgehead atoms. The molecule has 1 amide bonds. The van der Waals surface area contributed by atoms with Gasteiger partial charge >= 0.3 is 0 Å². The molecule has 212 valence electrons. The van der Waals surface area contributed by atoms with Crippen LogP contribution in [0.5, 0.6) is 5.75 Å². The number of anilines is 1. The number of aromatic hydroxyl groups is 1. The first kappa shape index (κ1) is 27.8. The lowest BCUT2D eigenvalue weighted by Crippen LogP contribution is -2.44. The summed E-state index contributed by atoms with van der Waals surface area (Å²) >= 11 is 0. The molecule has 5 rings (SSSR count). The van der Waals surface area contributed by atoms with E-state index < -0.39 is 34.7 Å². The highest BCUT2D eigenvalue weighted by molar-refractivity contribution is 6.04. The Morgan fingerprint density at radius 3 is 2.76 bits per heavy atom. The quantitative estimate of drug-likeness (QED) is 0.275. The van der Waals surface area contributed by atoms with Gasteiger partial charge < -0.3 is 20.3 Å². The van der Waals surface area contributed by atoms with E-state index in [4.69, 9.17) is 4.52 Å². The van der Waals surface area contributed by atoms with Gasteiger partial charge in [0.15, 0.2) is 5.69 Å². The highest BCUT2D eigenvalue weighted by atomic mass is 16.5. The zero-order valence-corrected chi connectivity index (χ0v) is 22.8. The van der Waals surface area contributed by atoms with Crippen LogP contribution in [0.2, 0.25) is 0 Å². The van der Waals surface area contributed by atoms with E-state index in [9.17, 15) is 20.0 Å². The molecule has 4 aromatic rings. The Morgan fingerprint density at radius 1 is 1.24 bits per heavy atom. The van der Waals surface area contributed by atoms with E-state index in [0.717, 1.165) is 43.9 Å². The fourth-order valence-electron chi connectivity index (χ4n) is 5.23. The number of nitrogens with zero attached hydrogens (tertiary/aromatic N) is 7. The van der Waals surface area contributed by atoms with Gasteiger partial charge in [-0.3, -0.25) is 23.7 Å². The average Bonchev–Trinajstić information content (AvgIpc) is 3.68. The van der Waals surface area contributed by atoms with Crippen LogP contribution in [-0.4, -0.2) is 73.1 Å². The van der Waals surface area contributed by atoms with Gasteiger partial charge in [-0.25, -0.2) is 4.98 Å². The lowest BCUT2D eigenvalue weighted by atomic mass is 9.80. The van der Waals surface area contributed by atoms with Crippen LogP contribution in [0.1, 0.15) is 51.8 Å². The lowest BCUT2D eigenvalue weighted by molar-refractivity contribution is 0.101. The van der Waals surface area contributed by atoms with Gasteiger partial charge in [-0.15, -0.1) is 0 Å². The number of carbonyl (C=O) groups is 1. The minimum absolute atomic E-state index is 0.250. The summed E-state index contributed by atoms with van der Waals surface area (Å²) in [5.41, 5.74) is 1.11. The third-order valence-corrected chi connectivity index (χ3v) is 7.40. The summed E-state index contributed by atoms with van der Waals surface area (Å²) < 4.78 is 7.85. The zero-order valence-electron chi connectivity index (χ0n) is 22.8. The highest BCUT2D eigenvalue weighted by Gasteiger charge is 2.31. The third kappa shape index (κ3) is 5.88. The van der Waals surface area contributed by atoms with Crippen molar-refractivity contribution in [2.45, 2.75) is 25.3 Å². The monoisotopic (exact) mass is 557 g/mol. The standard InChI is InChI=1S/C28H31N9O4/c1-18(26-34-24(25(38)28(40)35(26)2)27(39)33-21-15-32-41-17-21)23(22-6-4-3-5-19(22)13-29)20-14-31-37(16-20)12-11-36-9-7-30-8-10-36/h3-6,14-18,23,30,38H,7-12H2,1-2H3,(H,33,39)/t18-,23-/m1/s1. The molecule has 3 N–H and O–H groups in total. The summed E-state index contributed by atoms with van der Waals surface area (Å²) in [5.74, 6) is -2.24. The van der Waals surface area contributed by atoms with Crippen LogP contribution in [0.25, 0.3) is 0 Å². The van der Waals surface area contributed by atoms with E-state index in [1.54, 1.807) is 18.3 Å². The van der Waals surface area contributed by atoms with E-state index in [1.165, 1.54) is 24.1 Å². The van der Waals surface area contributed by atoms with Crippen LogP contribution in [0.3, 0.4) is 0 Å². The van der Waals surface area contributed by atoms with Crippen molar-refractivity contribution in [3.8, 4) is 11.8 Å². The van der Waals surface area contributed by atoms with Gasteiger partial charge in [0.25, 0.3) is 11.5 Å². The van der Waals surface area contributed by atoms with Crippen molar-refractivity contribution in [3.05, 3.63) is 87.7 Å². The summed E-state index contributed by atoms with van der Waals surface area (Å²) in [6, 6.07) is 9.53. The van der Waals surface area contributed by atoms with Crippen molar-refractivity contribution < 1.29 is 14.4 Å². The van der Waals surface area contributed by atoms with Gasteiger partial charge in [0.05, 0.1) is 30.6 Å². The molecular weight excluding hydrogens is 526 g/mol. The van der Waals surface area contributed by atoms with Gasteiger partial charge in [-0.05, 0) is 17.2 Å². The van der Waals surface area contributed by atoms with Crippen LogP contribution in [0, 0.1) is 11.3 Å². The van der Waals surface area contributed by atoms with Crippen molar-refractivity contribution in [2.24, 2.45) is 7.05 Å². The number of amides is 1. The maximum atomic E-state index is 13.1. The van der Waals surface area contributed by atoms with E-state index >= 15 is 0 Å². The summed E-state index contributed by atoms with van der Waals surface area (Å²) in [5, 5.41) is 34.5. The first-order valence-electron chi connectivity index (χ1n) is 13.3. The molecule has 4 heterocycles. The lowest BCUT2D eigenvalue weighted by Gasteiger charge is -2.27. The second kappa shape index (κ2) is 12.2. The molecule has 1 aliphatic rings. The first-order chi connectivity index (χ1) is 19.9. The van der Waals surface area contributed by atoms with Crippen molar-refractivity contribution in [3.63, 3.8) is 0 Å². The van der Waals surface area contributed by atoms with E-state index in [-0.39, 0.29) is 11.5 Å². The Bertz CT molecular complexity index is 1610. The molecule has 41 heavy (non-hydrogen) atoms. The van der Waals surface area contributed by atoms with Gasteiger partial charge in [0.1, 0.15) is 17.8 Å². The molecule has 0 radical (unpaired) electrons. The maximum absolute atomic E-state index is 13.1. The molecule has 1 fully saturated rings. The molecule has 2 atom stereocenters. The smallest absolute Gasteiger partial charge is 0.296 e. The summed E-state index contributed by atoms with van der Waals surface area (Å²) in [6.07, 6.45) is 6.23. The van der Waals surface area contributed by atoms with Gasteiger partial charge in [-0.1, -0.05) is 30.3 Å². The fraction of sp³-hybridized carbons (Fsp3) is 0.357. The predicted octanol–water partition coefficient (Wildman–Crippen LogP) is 1.64. The Balaban J connectivity index is 1.52. The maximum Gasteiger partial charge on any atom is 0.296 e. The Hall–Kier alpha value is -4.80. The fourth-order valence-corrected chi connectivity index (χ4v) is 5.23. The summed E-state index contributed by atoms with van der Waals surface area (Å²) in [4.78, 5) is 32.9. The molecular formula is C28H31N9O4.